The number of nitrogens with one attached hydrogen (secondary N) is 1. The zero-order chi connectivity index (χ0) is 12.4. The van der Waals surface area contributed by atoms with Crippen LogP contribution in [0.5, 0.6) is 0 Å². The van der Waals surface area contributed by atoms with Crippen LogP contribution in [-0.2, 0) is 13.5 Å². The van der Waals surface area contributed by atoms with Crippen molar-refractivity contribution in [1.29, 1.82) is 0 Å². The number of aldehydes is 1. The van der Waals surface area contributed by atoms with Crippen molar-refractivity contribution in [2.45, 2.75) is 13.3 Å². The summed E-state index contributed by atoms with van der Waals surface area (Å²) in [5, 5.41) is 6.91. The van der Waals surface area contributed by atoms with E-state index in [1.165, 1.54) is 0 Å². The van der Waals surface area contributed by atoms with Gasteiger partial charge in [0.2, 0.25) is 0 Å². The summed E-state index contributed by atoms with van der Waals surface area (Å²) in [7, 11) is 1.89. The van der Waals surface area contributed by atoms with Crippen LogP contribution < -0.4 is 0 Å². The highest BCUT2D eigenvalue weighted by atomic mass is 32.1. The Hall–Kier alpha value is -1.75. The van der Waals surface area contributed by atoms with Gasteiger partial charge in [-0.15, -0.1) is 0 Å². The number of hydrogen-bond acceptors (Lipinski definition) is 3. The van der Waals surface area contributed by atoms with Crippen LogP contribution in [0.2, 0.25) is 0 Å². The van der Waals surface area contributed by atoms with E-state index < -0.39 is 0 Å². The summed E-state index contributed by atoms with van der Waals surface area (Å²) in [5.41, 5.74) is 3.66. The Bertz CT molecular complexity index is 592. The van der Waals surface area contributed by atoms with Gasteiger partial charge in [-0.1, -0.05) is 12.2 Å². The first kappa shape index (κ1) is 11.7. The second-order valence-electron chi connectivity index (χ2n) is 3.97. The molecule has 0 aromatic carbocycles. The van der Waals surface area contributed by atoms with Gasteiger partial charge in [0.25, 0.3) is 0 Å². The maximum atomic E-state index is 10.9. The molecule has 2 rings (SSSR count). The Morgan fingerprint density at radius 3 is 2.82 bits per heavy atom. The largest absolute Gasteiger partial charge is 0.345 e. The molecule has 0 unspecified atom stereocenters. The summed E-state index contributed by atoms with van der Waals surface area (Å²) in [6, 6.07) is 5.71. The number of carbonyl (C=O) groups is 1. The van der Waals surface area contributed by atoms with Crippen LogP contribution in [0, 0.1) is 11.6 Å². The van der Waals surface area contributed by atoms with Gasteiger partial charge < -0.3 is 4.57 Å². The molecule has 0 saturated carbocycles. The summed E-state index contributed by atoms with van der Waals surface area (Å²) < 4.78 is 2.51. The molecule has 0 amide bonds. The van der Waals surface area contributed by atoms with Crippen LogP contribution in [0.1, 0.15) is 27.4 Å². The molecule has 0 aliphatic rings. The molecule has 5 heteroatoms. The highest BCUT2D eigenvalue weighted by molar-refractivity contribution is 7.71. The highest BCUT2D eigenvalue weighted by Crippen LogP contribution is 2.14. The van der Waals surface area contributed by atoms with Crippen molar-refractivity contribution in [3.05, 3.63) is 45.5 Å². The Labute approximate surface area is 104 Å². The average molecular weight is 247 g/mol. The number of H-pyrrole nitrogens is 1. The second-order valence-corrected chi connectivity index (χ2v) is 4.41. The minimum absolute atomic E-state index is 0.616. The predicted octanol–water partition coefficient (Wildman–Crippen LogP) is 2.19. The van der Waals surface area contributed by atoms with Gasteiger partial charge in [-0.3, -0.25) is 9.89 Å². The van der Waals surface area contributed by atoms with E-state index >= 15 is 0 Å². The molecule has 0 spiro atoms. The molecule has 88 valence electrons. The first-order chi connectivity index (χ1) is 8.11. The SMILES string of the molecule is Cc1cc(Cc2ccc(=S)[nH]n2)n(C)c1C=O. The number of rotatable bonds is 3. The lowest BCUT2D eigenvalue weighted by atomic mass is 10.2. The third-order valence-corrected chi connectivity index (χ3v) is 3.02. The average Bonchev–Trinajstić information content (AvgIpc) is 2.57. The molecule has 0 bridgehead atoms. The van der Waals surface area contributed by atoms with Crippen molar-refractivity contribution in [3.63, 3.8) is 0 Å². The third kappa shape index (κ3) is 2.34. The fourth-order valence-electron chi connectivity index (χ4n) is 1.84. The summed E-state index contributed by atoms with van der Waals surface area (Å²) in [6.45, 7) is 1.93. The maximum Gasteiger partial charge on any atom is 0.166 e. The van der Waals surface area contributed by atoms with Gasteiger partial charge in [-0.2, -0.15) is 5.10 Å². The van der Waals surface area contributed by atoms with Crippen LogP contribution in [-0.4, -0.2) is 21.1 Å². The monoisotopic (exact) mass is 247 g/mol. The molecular formula is C12H13N3OS. The van der Waals surface area contributed by atoms with Crippen molar-refractivity contribution in [1.82, 2.24) is 14.8 Å². The smallest absolute Gasteiger partial charge is 0.166 e. The summed E-state index contributed by atoms with van der Waals surface area (Å²) in [6.07, 6.45) is 1.56. The number of carbonyl (C=O) groups excluding carboxylic acids is 1. The molecule has 0 saturated heterocycles. The van der Waals surface area contributed by atoms with Gasteiger partial charge in [0.1, 0.15) is 4.64 Å². The molecule has 0 fully saturated rings. The molecule has 0 aliphatic heterocycles. The van der Waals surface area contributed by atoms with Crippen LogP contribution in [0.25, 0.3) is 0 Å². The van der Waals surface area contributed by atoms with Crippen LogP contribution in [0.4, 0.5) is 0 Å². The van der Waals surface area contributed by atoms with Crippen molar-refractivity contribution in [2.75, 3.05) is 0 Å². The topological polar surface area (TPSA) is 50.7 Å². The summed E-state index contributed by atoms with van der Waals surface area (Å²) >= 11 is 4.94. The molecule has 2 aromatic heterocycles. The fraction of sp³-hybridized carbons (Fsp3) is 0.250. The molecule has 0 radical (unpaired) electrons. The maximum absolute atomic E-state index is 10.9. The van der Waals surface area contributed by atoms with E-state index in [2.05, 4.69) is 10.2 Å². The van der Waals surface area contributed by atoms with Gasteiger partial charge in [0.15, 0.2) is 6.29 Å². The lowest BCUT2D eigenvalue weighted by Gasteiger charge is -2.03. The lowest BCUT2D eigenvalue weighted by Crippen LogP contribution is -2.03. The normalized spacial score (nSPS) is 10.5. The molecule has 0 atom stereocenters. The fourth-order valence-corrected chi connectivity index (χ4v) is 1.95. The predicted molar refractivity (Wildman–Crippen MR) is 67.8 cm³/mol. The van der Waals surface area contributed by atoms with Gasteiger partial charge in [0.05, 0.1) is 11.4 Å². The molecule has 0 aliphatic carbocycles. The number of aromatic nitrogens is 3. The minimum Gasteiger partial charge on any atom is -0.345 e. The summed E-state index contributed by atoms with van der Waals surface area (Å²) in [5.74, 6) is 0. The molecule has 4 nitrogen and oxygen atoms in total. The van der Waals surface area contributed by atoms with Gasteiger partial charge in [0, 0.05) is 19.2 Å². The minimum atomic E-state index is 0.616. The zero-order valence-corrected chi connectivity index (χ0v) is 10.5. The molecule has 2 aromatic rings. The molecule has 1 N–H and O–H groups in total. The van der Waals surface area contributed by atoms with E-state index in [0.29, 0.717) is 16.8 Å². The van der Waals surface area contributed by atoms with E-state index in [-0.39, 0.29) is 0 Å². The van der Waals surface area contributed by atoms with Gasteiger partial charge >= 0.3 is 0 Å². The van der Waals surface area contributed by atoms with Gasteiger partial charge in [-0.05, 0) is 30.7 Å². The van der Waals surface area contributed by atoms with Crippen LogP contribution in [0.3, 0.4) is 0 Å². The number of aryl methyl sites for hydroxylation is 1. The van der Waals surface area contributed by atoms with Crippen LogP contribution >= 0.6 is 12.2 Å². The standard InChI is InChI=1S/C12H13N3OS/c1-8-5-10(15(2)11(8)7-16)6-9-3-4-12(17)14-13-9/h3-5,7H,6H2,1-2H3,(H,14,17). The zero-order valence-electron chi connectivity index (χ0n) is 9.73. The lowest BCUT2D eigenvalue weighted by molar-refractivity contribution is 0.111. The Balaban J connectivity index is 2.33. The first-order valence-corrected chi connectivity index (χ1v) is 5.67. The third-order valence-electron chi connectivity index (χ3n) is 2.79. The van der Waals surface area contributed by atoms with E-state index in [0.717, 1.165) is 23.2 Å². The first-order valence-electron chi connectivity index (χ1n) is 5.27. The van der Waals surface area contributed by atoms with E-state index in [1.807, 2.05) is 36.7 Å². The number of hydrogen-bond donors (Lipinski definition) is 1. The molecule has 2 heterocycles. The van der Waals surface area contributed by atoms with Gasteiger partial charge in [-0.25, -0.2) is 0 Å². The number of nitrogens with zero attached hydrogens (tertiary/aromatic N) is 2. The van der Waals surface area contributed by atoms with E-state index in [9.17, 15) is 4.79 Å². The summed E-state index contributed by atoms with van der Waals surface area (Å²) in [4.78, 5) is 10.9. The quantitative estimate of drug-likeness (QED) is 0.668. The Kier molecular flexibility index (Phi) is 3.19. The van der Waals surface area contributed by atoms with Crippen molar-refractivity contribution < 1.29 is 4.79 Å². The van der Waals surface area contributed by atoms with Crippen LogP contribution in [0.15, 0.2) is 18.2 Å². The highest BCUT2D eigenvalue weighted by Gasteiger charge is 2.09. The number of aromatic amines is 1. The van der Waals surface area contributed by atoms with Crippen molar-refractivity contribution >= 4 is 18.5 Å². The Morgan fingerprint density at radius 1 is 1.53 bits per heavy atom. The second kappa shape index (κ2) is 4.63. The van der Waals surface area contributed by atoms with E-state index in [1.54, 1.807) is 0 Å². The molecular weight excluding hydrogens is 234 g/mol. The van der Waals surface area contributed by atoms with Crippen molar-refractivity contribution in [2.24, 2.45) is 7.05 Å². The van der Waals surface area contributed by atoms with E-state index in [4.69, 9.17) is 12.2 Å². The van der Waals surface area contributed by atoms with Crippen molar-refractivity contribution in [3.8, 4) is 0 Å². The molecule has 17 heavy (non-hydrogen) atoms. The Morgan fingerprint density at radius 2 is 2.29 bits per heavy atom.